The Morgan fingerprint density at radius 1 is 1.00 bits per heavy atom. The number of hydrogen-bond donors (Lipinski definition) is 2. The molecule has 8 N–H and O–H groups in total. The summed E-state index contributed by atoms with van der Waals surface area (Å²) in [5.74, 6) is -1.09. The van der Waals surface area contributed by atoms with Crippen molar-refractivity contribution < 1.29 is 15.0 Å². The maximum atomic E-state index is 9.98. The molecule has 18 heavy (non-hydrogen) atoms. The highest BCUT2D eigenvalue weighted by atomic mass is 16.4. The molecule has 0 radical (unpaired) electrons. The predicted molar refractivity (Wildman–Crippen MR) is 74.7 cm³/mol. The molecule has 0 aliphatic heterocycles. The van der Waals surface area contributed by atoms with Crippen molar-refractivity contribution >= 4 is 5.97 Å². The Labute approximate surface area is 111 Å². The fourth-order valence-electron chi connectivity index (χ4n) is 1.22. The van der Waals surface area contributed by atoms with Crippen LogP contribution in [0.2, 0.25) is 0 Å². The van der Waals surface area contributed by atoms with Crippen molar-refractivity contribution in [3.05, 3.63) is 12.2 Å². The Morgan fingerprint density at radius 2 is 1.44 bits per heavy atom. The fourth-order valence-corrected chi connectivity index (χ4v) is 1.22. The van der Waals surface area contributed by atoms with Crippen LogP contribution in [-0.4, -0.2) is 12.6 Å². The first-order chi connectivity index (χ1) is 7.68. The number of quaternary nitrogens is 2. The Kier molecular flexibility index (Phi) is 36.0. The van der Waals surface area contributed by atoms with E-state index in [0.29, 0.717) is 0 Å². The topological polar surface area (TPSA) is 136 Å². The van der Waals surface area contributed by atoms with Gasteiger partial charge in [0.15, 0.2) is 0 Å². The van der Waals surface area contributed by atoms with Gasteiger partial charge in [0.2, 0.25) is 0 Å². The maximum Gasteiger partial charge on any atom is 0.0639 e. The molecule has 0 atom stereocenters. The smallest absolute Gasteiger partial charge is 0.0639 e. The van der Waals surface area contributed by atoms with Gasteiger partial charge in [0.1, 0.15) is 0 Å². The third-order valence-electron chi connectivity index (χ3n) is 1.98. The van der Waals surface area contributed by atoms with Crippen molar-refractivity contribution in [1.82, 2.24) is 12.3 Å². The third-order valence-corrected chi connectivity index (χ3v) is 1.98. The molecule has 112 valence electrons. The zero-order chi connectivity index (χ0) is 12.6. The minimum atomic E-state index is -1.09. The number of carboxylic acid groups (broad SMARTS) is 1. The molecule has 0 rings (SSSR count). The lowest BCUT2D eigenvalue weighted by Crippen LogP contribution is -2.18. The molecule has 0 bridgehead atoms. The molecule has 0 aromatic rings. The van der Waals surface area contributed by atoms with E-state index in [9.17, 15) is 9.90 Å². The van der Waals surface area contributed by atoms with Gasteiger partial charge in [0, 0.05) is 0 Å². The molecule has 0 spiro atoms. The van der Waals surface area contributed by atoms with Gasteiger partial charge in [-0.2, -0.15) is 0 Å². The van der Waals surface area contributed by atoms with E-state index in [0.717, 1.165) is 18.9 Å². The van der Waals surface area contributed by atoms with Crippen molar-refractivity contribution in [2.75, 3.05) is 6.61 Å². The average molecular weight is 264 g/mol. The highest BCUT2D eigenvalue weighted by Gasteiger charge is 1.87. The van der Waals surface area contributed by atoms with Gasteiger partial charge in [0.25, 0.3) is 0 Å². The van der Waals surface area contributed by atoms with Gasteiger partial charge in [-0.05, 0) is 18.9 Å². The quantitative estimate of drug-likeness (QED) is 0.513. The van der Waals surface area contributed by atoms with Crippen LogP contribution in [0, 0.1) is 0 Å². The molecule has 0 saturated carbocycles. The van der Waals surface area contributed by atoms with Crippen LogP contribution in [0.5, 0.6) is 0 Å². The largest absolute Gasteiger partial charge is 0.855 e. The molecule has 0 fully saturated rings. The summed E-state index contributed by atoms with van der Waals surface area (Å²) in [5.41, 5.74) is 0. The monoisotopic (exact) mass is 264 g/mol. The first-order valence-electron chi connectivity index (χ1n) is 6.14. The summed E-state index contributed by atoms with van der Waals surface area (Å²) in [4.78, 5) is 9.98. The van der Waals surface area contributed by atoms with Crippen LogP contribution in [0.4, 0.5) is 0 Å². The van der Waals surface area contributed by atoms with Gasteiger partial charge >= 0.3 is 0 Å². The number of carboxylic acids is 1. The second-order valence-corrected chi connectivity index (χ2v) is 3.57. The lowest BCUT2D eigenvalue weighted by atomic mass is 10.1. The molecule has 0 aromatic heterocycles. The molecular weight excluding hydrogens is 232 g/mol. The average Bonchev–Trinajstić information content (AvgIpc) is 2.23. The second kappa shape index (κ2) is 25.1. The SMILES string of the molecule is CCCCCCCCC=CC(=O)[O-].CC[O-].[NH4+].[NH4+]. The first-order valence-corrected chi connectivity index (χ1v) is 6.14. The minimum absolute atomic E-state index is 0. The van der Waals surface area contributed by atoms with E-state index in [1.54, 1.807) is 13.0 Å². The Bertz CT molecular complexity index is 174. The third kappa shape index (κ3) is 36.3. The van der Waals surface area contributed by atoms with Gasteiger partial charge in [-0.25, -0.2) is 0 Å². The van der Waals surface area contributed by atoms with Gasteiger partial charge in [-0.3, -0.25) is 0 Å². The summed E-state index contributed by atoms with van der Waals surface area (Å²) in [6.45, 7) is 3.77. The standard InChI is InChI=1S/C11H20O2.C2H5O.2H3N/c1-2-3-4-5-6-7-8-9-10-11(12)13;1-2-3;;/h9-10H,2-8H2,1H3,(H,12,13);2H2,1H3;2*1H3/q;-1;;/p+1. The molecule has 0 saturated heterocycles. The molecule has 5 nitrogen and oxygen atoms in total. The van der Waals surface area contributed by atoms with Crippen LogP contribution in [0.1, 0.15) is 58.8 Å². The number of carbonyl (C=O) groups is 1. The summed E-state index contributed by atoms with van der Waals surface area (Å²) in [5, 5.41) is 18.9. The van der Waals surface area contributed by atoms with Crippen molar-refractivity contribution in [2.45, 2.75) is 58.8 Å². The van der Waals surface area contributed by atoms with Crippen LogP contribution in [-0.2, 0) is 4.79 Å². The van der Waals surface area contributed by atoms with Gasteiger partial charge in [0.05, 0.1) is 5.97 Å². The molecule has 0 aliphatic rings. The van der Waals surface area contributed by atoms with Gasteiger partial charge < -0.3 is 27.3 Å². The summed E-state index contributed by atoms with van der Waals surface area (Å²) in [7, 11) is 0. The van der Waals surface area contributed by atoms with Crippen molar-refractivity contribution in [2.24, 2.45) is 0 Å². The molecule has 0 unspecified atom stereocenters. The first kappa shape index (κ1) is 25.8. The molecule has 5 heteroatoms. The van der Waals surface area contributed by atoms with E-state index >= 15 is 0 Å². The lowest BCUT2D eigenvalue weighted by Gasteiger charge is -1.97. The Hall–Kier alpha value is -0.910. The predicted octanol–water partition coefficient (Wildman–Crippen LogP) is 2.16. The zero-order valence-electron chi connectivity index (χ0n) is 12.5. The molecule has 0 heterocycles. The van der Waals surface area contributed by atoms with E-state index < -0.39 is 5.97 Å². The summed E-state index contributed by atoms with van der Waals surface area (Å²) in [6, 6.07) is 0. The highest BCUT2D eigenvalue weighted by molar-refractivity contribution is 5.77. The zero-order valence-corrected chi connectivity index (χ0v) is 12.5. The van der Waals surface area contributed by atoms with Crippen LogP contribution < -0.4 is 22.5 Å². The summed E-state index contributed by atoms with van der Waals surface area (Å²) < 4.78 is 0. The summed E-state index contributed by atoms with van der Waals surface area (Å²) >= 11 is 0. The van der Waals surface area contributed by atoms with Crippen molar-refractivity contribution in [3.63, 3.8) is 0 Å². The highest BCUT2D eigenvalue weighted by Crippen LogP contribution is 2.06. The van der Waals surface area contributed by atoms with Crippen LogP contribution in [0.3, 0.4) is 0 Å². The number of rotatable bonds is 8. The van der Waals surface area contributed by atoms with Gasteiger partial charge in [-0.1, -0.05) is 52.0 Å². The van der Waals surface area contributed by atoms with E-state index in [1.165, 1.54) is 32.1 Å². The van der Waals surface area contributed by atoms with E-state index in [4.69, 9.17) is 5.11 Å². The number of aliphatic carboxylic acids is 1. The van der Waals surface area contributed by atoms with E-state index in [1.807, 2.05) is 0 Å². The lowest BCUT2D eigenvalue weighted by molar-refractivity contribution is -0.361. The molecular formula is C13H32N2O3. The fraction of sp³-hybridized carbons (Fsp3) is 0.769. The normalized spacial score (nSPS) is 8.83. The maximum absolute atomic E-state index is 9.98. The Morgan fingerprint density at radius 3 is 1.89 bits per heavy atom. The molecule has 0 aromatic carbocycles. The number of allylic oxidation sites excluding steroid dienone is 1. The van der Waals surface area contributed by atoms with E-state index in [-0.39, 0.29) is 18.9 Å². The Balaban J connectivity index is -0.000000177. The van der Waals surface area contributed by atoms with Gasteiger partial charge in [-0.15, -0.1) is 6.61 Å². The number of unbranched alkanes of at least 4 members (excludes halogenated alkanes) is 6. The molecule has 0 aliphatic carbocycles. The number of hydrogen-bond acceptors (Lipinski definition) is 3. The summed E-state index contributed by atoms with van der Waals surface area (Å²) in [6.07, 6.45) is 11.1. The van der Waals surface area contributed by atoms with E-state index in [2.05, 4.69) is 6.92 Å². The van der Waals surface area contributed by atoms with Crippen LogP contribution in [0.25, 0.3) is 0 Å². The van der Waals surface area contributed by atoms with Crippen LogP contribution in [0.15, 0.2) is 12.2 Å². The number of carbonyl (C=O) groups excluding carboxylic acids is 1. The van der Waals surface area contributed by atoms with Crippen LogP contribution >= 0.6 is 0 Å². The molecule has 0 amide bonds. The van der Waals surface area contributed by atoms with Crippen molar-refractivity contribution in [1.29, 1.82) is 0 Å². The second-order valence-electron chi connectivity index (χ2n) is 3.57. The van der Waals surface area contributed by atoms with Crippen molar-refractivity contribution in [3.8, 4) is 0 Å². The minimum Gasteiger partial charge on any atom is -0.855 e.